The molecule has 27 heavy (non-hydrogen) atoms. The molecule has 4 rings (SSSR count). The lowest BCUT2D eigenvalue weighted by molar-refractivity contribution is -0.143. The highest BCUT2D eigenvalue weighted by Gasteiger charge is 2.49. The second-order valence-corrected chi connectivity index (χ2v) is 7.65. The van der Waals surface area contributed by atoms with Crippen molar-refractivity contribution in [3.63, 3.8) is 0 Å². The van der Waals surface area contributed by atoms with Gasteiger partial charge in [-0.25, -0.2) is 0 Å². The van der Waals surface area contributed by atoms with Crippen LogP contribution in [0.4, 0.5) is 0 Å². The van der Waals surface area contributed by atoms with E-state index in [1.807, 2.05) is 24.3 Å². The molecule has 0 radical (unpaired) electrons. The Hall–Kier alpha value is -2.33. The first-order valence-corrected chi connectivity index (χ1v) is 9.67. The number of fused-ring (bicyclic) bond motifs is 2. The third kappa shape index (κ3) is 3.12. The summed E-state index contributed by atoms with van der Waals surface area (Å²) in [6.07, 6.45) is 3.08. The second kappa shape index (κ2) is 7.35. The number of carbonyl (C=O) groups excluding carboxylic acids is 1. The molecule has 1 heterocycles. The molecule has 1 aliphatic heterocycles. The van der Waals surface area contributed by atoms with E-state index in [9.17, 15) is 4.79 Å². The number of Topliss-reactive ketones (excluding diaryl/α,β-unsaturated/α-hetero) is 1. The maximum absolute atomic E-state index is 13.3. The average molecular weight is 365 g/mol. The Labute approximate surface area is 161 Å². The lowest BCUT2D eigenvalue weighted by Crippen LogP contribution is -2.51. The molecule has 2 fully saturated rings. The fourth-order valence-corrected chi connectivity index (χ4v) is 5.02. The fourth-order valence-electron chi connectivity index (χ4n) is 5.02. The van der Waals surface area contributed by atoms with Crippen molar-refractivity contribution in [2.45, 2.75) is 31.3 Å². The minimum absolute atomic E-state index is 0.0802. The van der Waals surface area contributed by atoms with E-state index in [-0.39, 0.29) is 23.9 Å². The van der Waals surface area contributed by atoms with Crippen LogP contribution in [0.3, 0.4) is 0 Å². The first kappa shape index (κ1) is 18.1. The highest BCUT2D eigenvalue weighted by atomic mass is 16.5. The van der Waals surface area contributed by atoms with Crippen LogP contribution in [0.1, 0.15) is 42.5 Å². The quantitative estimate of drug-likeness (QED) is 0.804. The highest BCUT2D eigenvalue weighted by Crippen LogP contribution is 2.51. The molecule has 142 valence electrons. The van der Waals surface area contributed by atoms with Crippen molar-refractivity contribution < 1.29 is 14.3 Å². The number of carbonyl (C=O) groups is 1. The van der Waals surface area contributed by atoms with Gasteiger partial charge < -0.3 is 9.47 Å². The lowest BCUT2D eigenvalue weighted by Gasteiger charge is -2.50. The molecule has 0 unspecified atom stereocenters. The maximum atomic E-state index is 13.3. The Morgan fingerprint density at radius 1 is 0.778 bits per heavy atom. The van der Waals surface area contributed by atoms with Gasteiger partial charge in [-0.15, -0.1) is 0 Å². The van der Waals surface area contributed by atoms with Crippen LogP contribution in [0.2, 0.25) is 0 Å². The minimum atomic E-state index is 0.0802. The topological polar surface area (TPSA) is 38.8 Å². The number of benzene rings is 2. The number of hydrogen-bond donors (Lipinski definition) is 0. The van der Waals surface area contributed by atoms with Crippen LogP contribution in [0.5, 0.6) is 11.5 Å². The van der Waals surface area contributed by atoms with Crippen molar-refractivity contribution in [2.24, 2.45) is 11.8 Å². The molecule has 4 nitrogen and oxygen atoms in total. The third-order valence-electron chi connectivity index (χ3n) is 6.32. The number of methoxy groups -OCH3 is 2. The van der Waals surface area contributed by atoms with Crippen LogP contribution in [-0.2, 0) is 4.79 Å². The average Bonchev–Trinajstić information content (AvgIpc) is 2.70. The number of ketones is 1. The molecule has 0 aromatic heterocycles. The summed E-state index contributed by atoms with van der Waals surface area (Å²) in [6.45, 7) is 0. The molecule has 2 bridgehead atoms. The monoisotopic (exact) mass is 365 g/mol. The number of ether oxygens (including phenoxy) is 2. The van der Waals surface area contributed by atoms with Gasteiger partial charge in [0.15, 0.2) is 0 Å². The molecule has 0 spiro atoms. The summed E-state index contributed by atoms with van der Waals surface area (Å²) in [5.74, 6) is 2.28. The third-order valence-corrected chi connectivity index (χ3v) is 6.32. The van der Waals surface area contributed by atoms with Crippen molar-refractivity contribution >= 4 is 5.78 Å². The second-order valence-electron chi connectivity index (χ2n) is 7.65. The van der Waals surface area contributed by atoms with Gasteiger partial charge in [0, 0.05) is 23.9 Å². The summed E-state index contributed by atoms with van der Waals surface area (Å²) >= 11 is 0. The smallest absolute Gasteiger partial charge is 0.142 e. The Morgan fingerprint density at radius 3 is 1.56 bits per heavy atom. The molecule has 0 amide bonds. The lowest BCUT2D eigenvalue weighted by atomic mass is 9.66. The van der Waals surface area contributed by atoms with E-state index in [1.165, 1.54) is 11.1 Å². The zero-order valence-corrected chi connectivity index (χ0v) is 16.2. The molecule has 1 saturated carbocycles. The van der Waals surface area contributed by atoms with Gasteiger partial charge in [-0.1, -0.05) is 30.7 Å². The molecule has 4 atom stereocenters. The summed E-state index contributed by atoms with van der Waals surface area (Å²) in [4.78, 5) is 15.7. The number of hydrogen-bond acceptors (Lipinski definition) is 4. The van der Waals surface area contributed by atoms with Gasteiger partial charge in [0.2, 0.25) is 0 Å². The minimum Gasteiger partial charge on any atom is -0.497 e. The molecule has 2 aromatic carbocycles. The zero-order valence-electron chi connectivity index (χ0n) is 16.2. The van der Waals surface area contributed by atoms with E-state index in [0.29, 0.717) is 5.78 Å². The standard InChI is InChI=1S/C23H27NO3/c1-24-21(15-7-11-17(26-2)12-8-15)19-5-4-6-20(23(19)25)22(24)16-9-13-18(27-3)14-10-16/h7-14,19-22H,4-6H2,1-3H3/t19-,20-,21-,22+/m1/s1. The van der Waals surface area contributed by atoms with Gasteiger partial charge in [0.1, 0.15) is 17.3 Å². The van der Waals surface area contributed by atoms with Crippen molar-refractivity contribution in [3.05, 3.63) is 59.7 Å². The maximum Gasteiger partial charge on any atom is 0.142 e. The van der Waals surface area contributed by atoms with Crippen LogP contribution in [0.15, 0.2) is 48.5 Å². The first-order valence-electron chi connectivity index (χ1n) is 9.67. The number of likely N-dealkylation sites (tertiary alicyclic amines) is 1. The van der Waals surface area contributed by atoms with Gasteiger partial charge in [-0.3, -0.25) is 9.69 Å². The van der Waals surface area contributed by atoms with E-state index in [1.54, 1.807) is 14.2 Å². The van der Waals surface area contributed by atoms with Crippen molar-refractivity contribution in [1.82, 2.24) is 4.90 Å². The molecule has 0 N–H and O–H groups in total. The summed E-state index contributed by atoms with van der Waals surface area (Å²) < 4.78 is 10.6. The Kier molecular flexibility index (Phi) is 4.92. The van der Waals surface area contributed by atoms with Crippen LogP contribution in [-0.4, -0.2) is 32.0 Å². The van der Waals surface area contributed by atoms with Crippen LogP contribution in [0.25, 0.3) is 0 Å². The molecule has 2 aromatic rings. The van der Waals surface area contributed by atoms with Gasteiger partial charge in [0.25, 0.3) is 0 Å². The van der Waals surface area contributed by atoms with Crippen molar-refractivity contribution in [1.29, 1.82) is 0 Å². The van der Waals surface area contributed by atoms with E-state index in [0.717, 1.165) is 30.8 Å². The van der Waals surface area contributed by atoms with Crippen molar-refractivity contribution in [2.75, 3.05) is 21.3 Å². The fraction of sp³-hybridized carbons (Fsp3) is 0.435. The van der Waals surface area contributed by atoms with E-state index in [2.05, 4.69) is 36.2 Å². The van der Waals surface area contributed by atoms with Gasteiger partial charge >= 0.3 is 0 Å². The predicted molar refractivity (Wildman–Crippen MR) is 105 cm³/mol. The molecular formula is C23H27NO3. The van der Waals surface area contributed by atoms with Crippen LogP contribution in [0, 0.1) is 11.8 Å². The summed E-state index contributed by atoms with van der Waals surface area (Å²) in [5, 5.41) is 0. The summed E-state index contributed by atoms with van der Waals surface area (Å²) in [6, 6.07) is 16.6. The van der Waals surface area contributed by atoms with Gasteiger partial charge in [0.05, 0.1) is 14.2 Å². The largest absolute Gasteiger partial charge is 0.497 e. The Bertz CT molecular complexity index is 734. The highest BCUT2D eigenvalue weighted by molar-refractivity contribution is 5.87. The molecule has 2 aliphatic rings. The van der Waals surface area contributed by atoms with Crippen LogP contribution < -0.4 is 9.47 Å². The summed E-state index contributed by atoms with van der Waals surface area (Å²) in [7, 11) is 5.52. The molecule has 1 saturated heterocycles. The SMILES string of the molecule is COc1ccc([C@@H]2[C@H]3CCC[C@@H](C3=O)[C@H](c3ccc(OC)cc3)N2C)cc1. The first-order chi connectivity index (χ1) is 13.1. The Balaban J connectivity index is 1.73. The van der Waals surface area contributed by atoms with E-state index >= 15 is 0 Å². The Morgan fingerprint density at radius 2 is 1.19 bits per heavy atom. The van der Waals surface area contributed by atoms with E-state index in [4.69, 9.17) is 9.47 Å². The molecule has 4 heteroatoms. The zero-order chi connectivity index (χ0) is 19.0. The number of piperidine rings is 1. The van der Waals surface area contributed by atoms with Gasteiger partial charge in [-0.05, 0) is 55.3 Å². The van der Waals surface area contributed by atoms with E-state index < -0.39 is 0 Å². The van der Waals surface area contributed by atoms with Crippen LogP contribution >= 0.6 is 0 Å². The number of nitrogens with zero attached hydrogens (tertiary/aromatic N) is 1. The van der Waals surface area contributed by atoms with Gasteiger partial charge in [-0.2, -0.15) is 0 Å². The summed E-state index contributed by atoms with van der Waals surface area (Å²) in [5.41, 5.74) is 2.38. The molecule has 1 aliphatic carbocycles. The van der Waals surface area contributed by atoms with Crippen molar-refractivity contribution in [3.8, 4) is 11.5 Å². The number of rotatable bonds is 4. The predicted octanol–water partition coefficient (Wildman–Crippen LogP) is 4.42. The molecular weight excluding hydrogens is 338 g/mol. The normalized spacial score (nSPS) is 28.0.